The zero-order chi connectivity index (χ0) is 13.1. The minimum atomic E-state index is 0.0114. The number of nitrogens with one attached hydrogen (secondary N) is 1. The molecule has 0 aromatic rings. The third kappa shape index (κ3) is 3.25. The second-order valence-corrected chi connectivity index (χ2v) is 6.53. The molecule has 3 nitrogen and oxygen atoms in total. The number of hydrogen-bond donors (Lipinski definition) is 1. The molecule has 1 N–H and O–H groups in total. The minimum absolute atomic E-state index is 0.0114. The molecule has 18 heavy (non-hydrogen) atoms. The fraction of sp³-hybridized carbons (Fsp3) is 0.933. The summed E-state index contributed by atoms with van der Waals surface area (Å²) in [5.74, 6) is 1.69. The summed E-state index contributed by atoms with van der Waals surface area (Å²) in [7, 11) is 0. The molecule has 0 aromatic heterocycles. The van der Waals surface area contributed by atoms with Crippen molar-refractivity contribution >= 4 is 5.91 Å². The van der Waals surface area contributed by atoms with E-state index in [1.54, 1.807) is 0 Å². The summed E-state index contributed by atoms with van der Waals surface area (Å²) in [5, 5.41) is 3.45. The first-order chi connectivity index (χ1) is 8.58. The Kier molecular flexibility index (Phi) is 4.66. The lowest BCUT2D eigenvalue weighted by atomic mass is 9.88. The number of carbonyl (C=O) groups is 1. The van der Waals surface area contributed by atoms with Crippen molar-refractivity contribution in [3.8, 4) is 0 Å². The van der Waals surface area contributed by atoms with Gasteiger partial charge >= 0.3 is 0 Å². The molecule has 0 bridgehead atoms. The van der Waals surface area contributed by atoms with E-state index in [2.05, 4.69) is 24.1 Å². The van der Waals surface area contributed by atoms with Crippen LogP contribution in [0, 0.1) is 11.8 Å². The molecule has 0 aromatic carbocycles. The molecule has 1 aliphatic carbocycles. The molecule has 2 atom stereocenters. The highest BCUT2D eigenvalue weighted by Gasteiger charge is 2.37. The van der Waals surface area contributed by atoms with E-state index in [0.717, 1.165) is 18.9 Å². The van der Waals surface area contributed by atoms with Crippen LogP contribution in [0.1, 0.15) is 59.3 Å². The van der Waals surface area contributed by atoms with Gasteiger partial charge < -0.3 is 4.90 Å². The van der Waals surface area contributed by atoms with Gasteiger partial charge in [0.2, 0.25) is 5.91 Å². The van der Waals surface area contributed by atoms with Crippen LogP contribution in [0.3, 0.4) is 0 Å². The average Bonchev–Trinajstić information content (AvgIpc) is 2.58. The maximum atomic E-state index is 12.2. The summed E-state index contributed by atoms with van der Waals surface area (Å²) in [4.78, 5) is 14.4. The Labute approximate surface area is 111 Å². The third-order valence-electron chi connectivity index (χ3n) is 4.35. The Bertz CT molecular complexity index is 284. The van der Waals surface area contributed by atoms with Crippen LogP contribution in [-0.4, -0.2) is 29.6 Å². The zero-order valence-corrected chi connectivity index (χ0v) is 12.1. The van der Waals surface area contributed by atoms with E-state index in [0.29, 0.717) is 11.8 Å². The van der Waals surface area contributed by atoms with Crippen LogP contribution in [0.4, 0.5) is 0 Å². The summed E-state index contributed by atoms with van der Waals surface area (Å²) < 4.78 is 0. The quantitative estimate of drug-likeness (QED) is 0.834. The van der Waals surface area contributed by atoms with Crippen LogP contribution in [0.2, 0.25) is 0 Å². The van der Waals surface area contributed by atoms with Gasteiger partial charge in [-0.1, -0.05) is 33.1 Å². The van der Waals surface area contributed by atoms with E-state index in [9.17, 15) is 4.79 Å². The van der Waals surface area contributed by atoms with Crippen molar-refractivity contribution < 1.29 is 4.79 Å². The summed E-state index contributed by atoms with van der Waals surface area (Å²) >= 11 is 0. The van der Waals surface area contributed by atoms with Gasteiger partial charge in [-0.15, -0.1) is 0 Å². The first-order valence-electron chi connectivity index (χ1n) is 7.64. The Morgan fingerprint density at radius 1 is 1.28 bits per heavy atom. The SMILES string of the molecule is CC(C)CC1NC(C)C(=O)N1CC1CCCCC1. The molecule has 1 amide bonds. The molecular formula is C15H28N2O. The molecule has 3 heteroatoms. The molecule has 2 unspecified atom stereocenters. The van der Waals surface area contributed by atoms with Crippen molar-refractivity contribution in [3.05, 3.63) is 0 Å². The largest absolute Gasteiger partial charge is 0.326 e. The molecule has 2 aliphatic rings. The predicted molar refractivity (Wildman–Crippen MR) is 74.1 cm³/mol. The van der Waals surface area contributed by atoms with Gasteiger partial charge in [0.05, 0.1) is 12.2 Å². The van der Waals surface area contributed by atoms with E-state index in [-0.39, 0.29) is 12.2 Å². The Morgan fingerprint density at radius 3 is 2.56 bits per heavy atom. The normalized spacial score (nSPS) is 30.4. The lowest BCUT2D eigenvalue weighted by molar-refractivity contribution is -0.130. The Hall–Kier alpha value is -0.570. The fourth-order valence-corrected chi connectivity index (χ4v) is 3.36. The molecule has 2 fully saturated rings. The van der Waals surface area contributed by atoms with E-state index >= 15 is 0 Å². The Balaban J connectivity index is 1.95. The number of hydrogen-bond acceptors (Lipinski definition) is 2. The lowest BCUT2D eigenvalue weighted by Crippen LogP contribution is -2.41. The van der Waals surface area contributed by atoms with E-state index in [1.165, 1.54) is 32.1 Å². The molecule has 1 heterocycles. The monoisotopic (exact) mass is 252 g/mol. The molecule has 0 radical (unpaired) electrons. The zero-order valence-electron chi connectivity index (χ0n) is 12.1. The van der Waals surface area contributed by atoms with Gasteiger partial charge in [0.15, 0.2) is 0 Å². The molecule has 0 spiro atoms. The molecule has 2 rings (SSSR count). The standard InChI is InChI=1S/C15H28N2O/c1-11(2)9-14-16-12(3)15(18)17(14)10-13-7-5-4-6-8-13/h11-14,16H,4-10H2,1-3H3. The number of rotatable bonds is 4. The highest BCUT2D eigenvalue weighted by Crippen LogP contribution is 2.27. The van der Waals surface area contributed by atoms with Crippen LogP contribution in [-0.2, 0) is 4.79 Å². The summed E-state index contributed by atoms with van der Waals surface area (Å²) in [5.41, 5.74) is 0. The first kappa shape index (κ1) is 13.9. The van der Waals surface area contributed by atoms with Gasteiger partial charge in [-0.3, -0.25) is 10.1 Å². The summed E-state index contributed by atoms with van der Waals surface area (Å²) in [6.45, 7) is 7.44. The van der Waals surface area contributed by atoms with Gasteiger partial charge in [0.1, 0.15) is 0 Å². The van der Waals surface area contributed by atoms with E-state index < -0.39 is 0 Å². The van der Waals surface area contributed by atoms with E-state index in [1.807, 2.05) is 6.92 Å². The van der Waals surface area contributed by atoms with Crippen LogP contribution in [0.15, 0.2) is 0 Å². The number of carbonyl (C=O) groups excluding carboxylic acids is 1. The fourth-order valence-electron chi connectivity index (χ4n) is 3.36. The summed E-state index contributed by atoms with van der Waals surface area (Å²) in [6, 6.07) is 0.0114. The second-order valence-electron chi connectivity index (χ2n) is 6.53. The van der Waals surface area contributed by atoms with Crippen molar-refractivity contribution in [3.63, 3.8) is 0 Å². The van der Waals surface area contributed by atoms with Crippen molar-refractivity contribution in [2.24, 2.45) is 11.8 Å². The van der Waals surface area contributed by atoms with Crippen LogP contribution >= 0.6 is 0 Å². The molecule has 104 valence electrons. The smallest absolute Gasteiger partial charge is 0.240 e. The van der Waals surface area contributed by atoms with Gasteiger partial charge in [0, 0.05) is 6.54 Å². The number of amides is 1. The van der Waals surface area contributed by atoms with Gasteiger partial charge in [-0.05, 0) is 38.0 Å². The minimum Gasteiger partial charge on any atom is -0.326 e. The highest BCUT2D eigenvalue weighted by atomic mass is 16.2. The second kappa shape index (κ2) is 6.05. The van der Waals surface area contributed by atoms with Crippen molar-refractivity contribution in [2.45, 2.75) is 71.5 Å². The average molecular weight is 252 g/mol. The molecule has 1 saturated heterocycles. The molecular weight excluding hydrogens is 224 g/mol. The first-order valence-corrected chi connectivity index (χ1v) is 7.64. The van der Waals surface area contributed by atoms with Gasteiger partial charge in [0.25, 0.3) is 0 Å². The van der Waals surface area contributed by atoms with Gasteiger partial charge in [-0.2, -0.15) is 0 Å². The van der Waals surface area contributed by atoms with Crippen LogP contribution in [0.25, 0.3) is 0 Å². The Morgan fingerprint density at radius 2 is 1.94 bits per heavy atom. The van der Waals surface area contributed by atoms with Crippen molar-refractivity contribution in [2.75, 3.05) is 6.54 Å². The van der Waals surface area contributed by atoms with Crippen LogP contribution < -0.4 is 5.32 Å². The maximum Gasteiger partial charge on any atom is 0.240 e. The lowest BCUT2D eigenvalue weighted by Gasteiger charge is -2.31. The van der Waals surface area contributed by atoms with Crippen molar-refractivity contribution in [1.82, 2.24) is 10.2 Å². The molecule has 1 aliphatic heterocycles. The predicted octanol–water partition coefficient (Wildman–Crippen LogP) is 2.76. The third-order valence-corrected chi connectivity index (χ3v) is 4.35. The van der Waals surface area contributed by atoms with Gasteiger partial charge in [-0.25, -0.2) is 0 Å². The van der Waals surface area contributed by atoms with E-state index in [4.69, 9.17) is 0 Å². The highest BCUT2D eigenvalue weighted by molar-refractivity contribution is 5.83. The van der Waals surface area contributed by atoms with Crippen molar-refractivity contribution in [1.29, 1.82) is 0 Å². The topological polar surface area (TPSA) is 32.3 Å². The summed E-state index contributed by atoms with van der Waals surface area (Å²) in [6.07, 6.45) is 8.06. The number of nitrogens with zero attached hydrogens (tertiary/aromatic N) is 1. The maximum absolute atomic E-state index is 12.2. The van der Waals surface area contributed by atoms with Crippen LogP contribution in [0.5, 0.6) is 0 Å². The molecule has 1 saturated carbocycles.